The Bertz CT molecular complexity index is 664. The summed E-state index contributed by atoms with van der Waals surface area (Å²) in [5.41, 5.74) is 0.603. The fourth-order valence-electron chi connectivity index (χ4n) is 3.23. The van der Waals surface area contributed by atoms with E-state index in [9.17, 15) is 9.59 Å². The molecule has 6 nitrogen and oxygen atoms in total. The predicted molar refractivity (Wildman–Crippen MR) is 109 cm³/mol. The van der Waals surface area contributed by atoms with Gasteiger partial charge in [-0.05, 0) is 51.3 Å². The van der Waals surface area contributed by atoms with Gasteiger partial charge < -0.3 is 19.9 Å². The van der Waals surface area contributed by atoms with Crippen molar-refractivity contribution >= 4 is 41.0 Å². The summed E-state index contributed by atoms with van der Waals surface area (Å²) in [5, 5.41) is 3.76. The molecule has 1 aromatic carbocycles. The zero-order chi connectivity index (χ0) is 20.0. The number of carbonyl (C=O) groups is 2. The second-order valence-corrected chi connectivity index (χ2v) is 7.46. The Hall–Kier alpha value is -1.66. The number of benzene rings is 1. The van der Waals surface area contributed by atoms with Crippen molar-refractivity contribution in [3.05, 3.63) is 28.2 Å². The van der Waals surface area contributed by atoms with E-state index in [1.54, 1.807) is 30.0 Å². The average Bonchev–Trinajstić information content (AvgIpc) is 2.65. The fourth-order valence-corrected chi connectivity index (χ4v) is 3.52. The van der Waals surface area contributed by atoms with E-state index < -0.39 is 0 Å². The molecule has 1 fully saturated rings. The molecule has 3 amide bonds. The lowest BCUT2D eigenvalue weighted by Crippen LogP contribution is -2.53. The fraction of sp³-hybridized carbons (Fsp3) is 0.579. The average molecular weight is 416 g/mol. The number of piperidine rings is 1. The third-order valence-corrected chi connectivity index (χ3v) is 5.59. The molecule has 0 spiro atoms. The van der Waals surface area contributed by atoms with E-state index in [-0.39, 0.29) is 24.2 Å². The third-order valence-electron chi connectivity index (χ3n) is 4.85. The number of nitrogens with zero attached hydrogens (tertiary/aromatic N) is 2. The van der Waals surface area contributed by atoms with Crippen LogP contribution in [0.2, 0.25) is 10.0 Å². The van der Waals surface area contributed by atoms with Crippen LogP contribution in [-0.2, 0) is 4.74 Å². The highest BCUT2D eigenvalue weighted by atomic mass is 35.5. The van der Waals surface area contributed by atoms with Crippen molar-refractivity contribution in [2.75, 3.05) is 25.0 Å². The molecule has 1 aliphatic rings. The highest BCUT2D eigenvalue weighted by Gasteiger charge is 2.32. The van der Waals surface area contributed by atoms with Crippen LogP contribution in [0.15, 0.2) is 18.2 Å². The van der Waals surface area contributed by atoms with Gasteiger partial charge >= 0.3 is 12.1 Å². The minimum atomic E-state index is -0.286. The number of halogens is 2. The molecule has 150 valence electrons. The van der Waals surface area contributed by atoms with Crippen LogP contribution >= 0.6 is 23.2 Å². The van der Waals surface area contributed by atoms with Crippen LogP contribution in [0.1, 0.15) is 40.0 Å². The largest absolute Gasteiger partial charge is 0.450 e. The molecule has 0 aliphatic carbocycles. The van der Waals surface area contributed by atoms with Crippen LogP contribution in [0.3, 0.4) is 0 Å². The van der Waals surface area contributed by atoms with Crippen LogP contribution in [0.4, 0.5) is 15.3 Å². The normalized spacial score (nSPS) is 16.0. The van der Waals surface area contributed by atoms with Crippen molar-refractivity contribution in [2.45, 2.75) is 52.1 Å². The van der Waals surface area contributed by atoms with Crippen LogP contribution in [0.25, 0.3) is 0 Å². The summed E-state index contributed by atoms with van der Waals surface area (Å²) in [5.74, 6) is 0. The number of likely N-dealkylation sites (tertiary alicyclic amines) is 1. The zero-order valence-electron chi connectivity index (χ0n) is 16.0. The second-order valence-electron chi connectivity index (χ2n) is 6.64. The van der Waals surface area contributed by atoms with Gasteiger partial charge in [-0.1, -0.05) is 30.1 Å². The maximum Gasteiger partial charge on any atom is 0.409 e. The van der Waals surface area contributed by atoms with Gasteiger partial charge in [-0.25, -0.2) is 9.59 Å². The monoisotopic (exact) mass is 415 g/mol. The van der Waals surface area contributed by atoms with Gasteiger partial charge in [-0.15, -0.1) is 0 Å². The van der Waals surface area contributed by atoms with Crippen LogP contribution in [-0.4, -0.2) is 53.7 Å². The van der Waals surface area contributed by atoms with E-state index in [1.807, 2.05) is 11.8 Å². The molecule has 0 unspecified atom stereocenters. The van der Waals surface area contributed by atoms with E-state index in [0.29, 0.717) is 35.4 Å². The lowest BCUT2D eigenvalue weighted by atomic mass is 10.0. The van der Waals surface area contributed by atoms with E-state index in [1.165, 1.54) is 0 Å². The van der Waals surface area contributed by atoms with Crippen LogP contribution in [0, 0.1) is 0 Å². The van der Waals surface area contributed by atoms with E-state index >= 15 is 0 Å². The number of amides is 3. The third kappa shape index (κ3) is 5.66. The van der Waals surface area contributed by atoms with Crippen molar-refractivity contribution in [1.29, 1.82) is 0 Å². The Kier molecular flexibility index (Phi) is 8.05. The molecule has 1 N–H and O–H groups in total. The molecule has 1 heterocycles. The first kappa shape index (κ1) is 21.6. The summed E-state index contributed by atoms with van der Waals surface area (Å²) < 4.78 is 5.06. The molecular weight excluding hydrogens is 389 g/mol. The molecule has 2 rings (SSSR count). The molecule has 1 atom stereocenters. The SMILES string of the molecule is CCOC(=O)N1CCC(N(C(=O)Nc2ccc(Cl)c(Cl)c2)[C@H](C)CC)CC1. The van der Waals surface area contributed by atoms with Crippen LogP contribution < -0.4 is 5.32 Å². The first-order chi connectivity index (χ1) is 12.9. The van der Waals surface area contributed by atoms with Gasteiger partial charge in [0.1, 0.15) is 0 Å². The minimum Gasteiger partial charge on any atom is -0.450 e. The van der Waals surface area contributed by atoms with Crippen molar-refractivity contribution in [1.82, 2.24) is 9.80 Å². The molecule has 0 radical (unpaired) electrons. The van der Waals surface area contributed by atoms with Gasteiger partial charge in [0.25, 0.3) is 0 Å². The van der Waals surface area contributed by atoms with Crippen molar-refractivity contribution in [2.24, 2.45) is 0 Å². The Morgan fingerprint density at radius 3 is 2.48 bits per heavy atom. The van der Waals surface area contributed by atoms with Gasteiger partial charge in [0, 0.05) is 30.9 Å². The number of ether oxygens (including phenoxy) is 1. The van der Waals surface area contributed by atoms with Gasteiger partial charge in [0.05, 0.1) is 16.7 Å². The maximum atomic E-state index is 13.0. The van der Waals surface area contributed by atoms with Gasteiger partial charge in [0.2, 0.25) is 0 Å². The summed E-state index contributed by atoms with van der Waals surface area (Å²) in [7, 11) is 0. The lowest BCUT2D eigenvalue weighted by molar-refractivity contribution is 0.0757. The maximum absolute atomic E-state index is 13.0. The number of hydrogen-bond donors (Lipinski definition) is 1. The Balaban J connectivity index is 2.05. The van der Waals surface area contributed by atoms with Crippen molar-refractivity contribution in [3.63, 3.8) is 0 Å². The summed E-state index contributed by atoms with van der Waals surface area (Å²) in [6.07, 6.45) is 1.99. The predicted octanol–water partition coefficient (Wildman–Crippen LogP) is 5.25. The topological polar surface area (TPSA) is 61.9 Å². The van der Waals surface area contributed by atoms with Gasteiger partial charge in [0.15, 0.2) is 0 Å². The molecule has 0 bridgehead atoms. The van der Waals surface area contributed by atoms with E-state index in [0.717, 1.165) is 19.3 Å². The first-order valence-electron chi connectivity index (χ1n) is 9.33. The summed E-state index contributed by atoms with van der Waals surface area (Å²) >= 11 is 12.0. The number of carbonyl (C=O) groups excluding carboxylic acids is 2. The molecule has 0 aromatic heterocycles. The highest BCUT2D eigenvalue weighted by molar-refractivity contribution is 6.42. The van der Waals surface area contributed by atoms with Crippen LogP contribution in [0.5, 0.6) is 0 Å². The number of anilines is 1. The smallest absolute Gasteiger partial charge is 0.409 e. The van der Waals surface area contributed by atoms with E-state index in [4.69, 9.17) is 27.9 Å². The van der Waals surface area contributed by atoms with Crippen molar-refractivity contribution in [3.8, 4) is 0 Å². The Morgan fingerprint density at radius 1 is 1.26 bits per heavy atom. The number of nitrogens with one attached hydrogen (secondary N) is 1. The highest BCUT2D eigenvalue weighted by Crippen LogP contribution is 2.26. The standard InChI is InChI=1S/C19H27Cl2N3O3/c1-4-13(3)24(15-8-10-23(11-9-15)19(26)27-5-2)18(25)22-14-6-7-16(20)17(21)12-14/h6-7,12-13,15H,4-5,8-11H2,1-3H3,(H,22,25)/t13-/m1/s1. The van der Waals surface area contributed by atoms with Crippen molar-refractivity contribution < 1.29 is 14.3 Å². The zero-order valence-corrected chi connectivity index (χ0v) is 17.5. The number of rotatable bonds is 5. The minimum absolute atomic E-state index is 0.0633. The molecule has 0 saturated carbocycles. The summed E-state index contributed by atoms with van der Waals surface area (Å²) in [6, 6.07) is 4.99. The Labute approximate surface area is 170 Å². The molecule has 1 aromatic rings. The number of hydrogen-bond acceptors (Lipinski definition) is 3. The Morgan fingerprint density at radius 2 is 1.93 bits per heavy atom. The lowest BCUT2D eigenvalue weighted by Gasteiger charge is -2.41. The molecule has 1 aliphatic heterocycles. The molecule has 1 saturated heterocycles. The number of urea groups is 1. The molecule has 27 heavy (non-hydrogen) atoms. The molecule has 8 heteroatoms. The first-order valence-corrected chi connectivity index (χ1v) is 10.1. The van der Waals surface area contributed by atoms with Gasteiger partial charge in [-0.3, -0.25) is 0 Å². The summed E-state index contributed by atoms with van der Waals surface area (Å²) in [6.45, 7) is 7.41. The molecular formula is C19H27Cl2N3O3. The summed E-state index contributed by atoms with van der Waals surface area (Å²) in [4.78, 5) is 28.4. The van der Waals surface area contributed by atoms with Gasteiger partial charge in [-0.2, -0.15) is 0 Å². The second kappa shape index (κ2) is 10.0. The van der Waals surface area contributed by atoms with E-state index in [2.05, 4.69) is 12.2 Å². The quantitative estimate of drug-likeness (QED) is 0.714.